The van der Waals surface area contributed by atoms with Crippen LogP contribution in [0.15, 0.2) is 0 Å². The molecule has 2 fully saturated rings. The Hall–Kier alpha value is 1.01. The Morgan fingerprint density at radius 3 is 2.67 bits per heavy atom. The number of thioether (sulfide) groups is 3. The van der Waals surface area contributed by atoms with Gasteiger partial charge in [0.15, 0.2) is 0 Å². The van der Waals surface area contributed by atoms with Crippen LogP contribution in [0.3, 0.4) is 0 Å². The van der Waals surface area contributed by atoms with E-state index in [1.165, 1.54) is 17.3 Å². The molecule has 12 heavy (non-hydrogen) atoms. The van der Waals surface area contributed by atoms with Gasteiger partial charge in [0.2, 0.25) is 0 Å². The maximum absolute atomic E-state index is 5.53. The molecular weight excluding hydrogens is 208 g/mol. The van der Waals surface area contributed by atoms with Crippen LogP contribution < -0.4 is 0 Å². The Morgan fingerprint density at radius 1 is 1.17 bits per heavy atom. The van der Waals surface area contributed by atoms with Crippen LogP contribution in [0.2, 0.25) is 0 Å². The quantitative estimate of drug-likeness (QED) is 0.723. The van der Waals surface area contributed by atoms with Gasteiger partial charge in [0, 0.05) is 17.3 Å². The second kappa shape index (κ2) is 5.03. The van der Waals surface area contributed by atoms with Gasteiger partial charge in [-0.05, 0) is 12.8 Å². The van der Waals surface area contributed by atoms with Crippen LogP contribution in [0.25, 0.3) is 0 Å². The van der Waals surface area contributed by atoms with Crippen molar-refractivity contribution in [3.8, 4) is 0 Å². The third kappa shape index (κ3) is 2.76. The second-order valence-electron chi connectivity index (χ2n) is 2.75. The first-order valence-electron chi connectivity index (χ1n) is 4.25. The highest BCUT2D eigenvalue weighted by molar-refractivity contribution is 8.20. The van der Waals surface area contributed by atoms with Crippen molar-refractivity contribution in [1.82, 2.24) is 0 Å². The summed E-state index contributed by atoms with van der Waals surface area (Å²) in [6.45, 7) is 0.953. The van der Waals surface area contributed by atoms with Crippen LogP contribution in [0.5, 0.6) is 0 Å². The first-order valence-corrected chi connectivity index (χ1v) is 7.39. The lowest BCUT2D eigenvalue weighted by Crippen LogP contribution is -2.05. The smallest absolute Gasteiger partial charge is 0.103 e. The van der Waals surface area contributed by atoms with Gasteiger partial charge in [-0.25, -0.2) is 0 Å². The molecule has 1 atom stereocenters. The van der Waals surface area contributed by atoms with Gasteiger partial charge in [0.05, 0.1) is 11.2 Å². The number of ether oxygens (including phenoxy) is 1. The molecule has 0 spiro atoms. The summed E-state index contributed by atoms with van der Waals surface area (Å²) in [4.78, 5) is 0. The first kappa shape index (κ1) is 9.56. The van der Waals surface area contributed by atoms with Crippen LogP contribution in [-0.2, 0) is 4.74 Å². The van der Waals surface area contributed by atoms with E-state index in [2.05, 4.69) is 29.9 Å². The van der Waals surface area contributed by atoms with E-state index in [0.717, 1.165) is 17.6 Å². The Balaban J connectivity index is 1.60. The zero-order valence-electron chi connectivity index (χ0n) is 6.90. The van der Waals surface area contributed by atoms with E-state index in [9.17, 15) is 0 Å². The molecule has 0 N–H and O–H groups in total. The predicted molar refractivity (Wildman–Crippen MR) is 59.8 cm³/mol. The van der Waals surface area contributed by atoms with Gasteiger partial charge >= 0.3 is 0 Å². The van der Waals surface area contributed by atoms with E-state index in [-0.39, 0.29) is 0 Å². The van der Waals surface area contributed by atoms with Gasteiger partial charge in [-0.3, -0.25) is 0 Å². The third-order valence-electron chi connectivity index (χ3n) is 1.86. The van der Waals surface area contributed by atoms with Crippen LogP contribution >= 0.6 is 35.3 Å². The highest BCUT2D eigenvalue weighted by atomic mass is 32.2. The van der Waals surface area contributed by atoms with Crippen molar-refractivity contribution in [1.29, 1.82) is 0 Å². The monoisotopic (exact) mass is 221 g/mol. The minimum atomic E-state index is 0.465. The second-order valence-corrected chi connectivity index (χ2v) is 6.82. The van der Waals surface area contributed by atoms with Gasteiger partial charge in [-0.2, -0.15) is 0 Å². The fourth-order valence-electron chi connectivity index (χ4n) is 1.28. The van der Waals surface area contributed by atoms with E-state index in [0.29, 0.717) is 5.44 Å². The molecule has 0 bridgehead atoms. The van der Waals surface area contributed by atoms with Crippen molar-refractivity contribution >= 4 is 35.3 Å². The van der Waals surface area contributed by atoms with Crippen LogP contribution in [0.1, 0.15) is 6.42 Å². The number of rotatable bonds is 3. The van der Waals surface area contributed by atoms with Gasteiger partial charge in [0.25, 0.3) is 0 Å². The van der Waals surface area contributed by atoms with Crippen LogP contribution in [0, 0.1) is 6.42 Å². The maximum atomic E-state index is 5.53. The largest absolute Gasteiger partial charge is 0.367 e. The fourth-order valence-corrected chi connectivity index (χ4v) is 4.86. The lowest BCUT2D eigenvalue weighted by Gasteiger charge is -2.10. The summed E-state index contributed by atoms with van der Waals surface area (Å²) in [5.74, 6) is 3.83. The average molecular weight is 221 g/mol. The highest BCUT2D eigenvalue weighted by Gasteiger charge is 2.21. The maximum Gasteiger partial charge on any atom is 0.103 e. The van der Waals surface area contributed by atoms with E-state index in [1.807, 2.05) is 11.8 Å². The first-order chi connectivity index (χ1) is 5.95. The normalized spacial score (nSPS) is 31.5. The highest BCUT2D eigenvalue weighted by Crippen LogP contribution is 2.36. The molecule has 0 aromatic heterocycles. The fraction of sp³-hybridized carbons (Fsp3) is 0.875. The van der Waals surface area contributed by atoms with Gasteiger partial charge < -0.3 is 4.74 Å². The third-order valence-corrected chi connectivity index (χ3v) is 5.96. The molecule has 0 aliphatic carbocycles. The van der Waals surface area contributed by atoms with Crippen molar-refractivity contribution in [3.05, 3.63) is 6.42 Å². The molecule has 1 unspecified atom stereocenters. The molecule has 2 saturated heterocycles. The minimum Gasteiger partial charge on any atom is -0.367 e. The van der Waals surface area contributed by atoms with Crippen molar-refractivity contribution in [2.75, 3.05) is 23.9 Å². The summed E-state index contributed by atoms with van der Waals surface area (Å²) in [5, 5.41) is 0. The Labute approximate surface area is 86.8 Å². The number of hydrogen-bond acceptors (Lipinski definition) is 4. The van der Waals surface area contributed by atoms with Crippen molar-refractivity contribution in [2.24, 2.45) is 0 Å². The van der Waals surface area contributed by atoms with Crippen molar-refractivity contribution < 1.29 is 4.74 Å². The Morgan fingerprint density at radius 2 is 2.00 bits per heavy atom. The van der Waals surface area contributed by atoms with Gasteiger partial charge in [-0.1, -0.05) is 0 Å². The molecule has 1 radical (unpaired) electrons. The lowest BCUT2D eigenvalue weighted by molar-refractivity contribution is 0.143. The summed E-state index contributed by atoms with van der Waals surface area (Å²) >= 11 is 6.09. The standard InChI is InChI=1S/C8H13OS3/c1(7-9-3-4-10-7)2-8-11-5-6-12-8/h2,7-8H,1,3-6H2. The predicted octanol–water partition coefficient (Wildman–Crippen LogP) is 2.48. The zero-order valence-corrected chi connectivity index (χ0v) is 9.35. The number of hydrogen-bond donors (Lipinski definition) is 0. The topological polar surface area (TPSA) is 9.23 Å². The van der Waals surface area contributed by atoms with E-state index >= 15 is 0 Å². The summed E-state index contributed by atoms with van der Waals surface area (Å²) in [5.41, 5.74) is 0.465. The van der Waals surface area contributed by atoms with Crippen LogP contribution in [-0.4, -0.2) is 33.9 Å². The van der Waals surface area contributed by atoms with E-state index in [4.69, 9.17) is 4.74 Å². The van der Waals surface area contributed by atoms with E-state index < -0.39 is 0 Å². The molecule has 2 aliphatic rings. The summed E-state index contributed by atoms with van der Waals surface area (Å²) < 4.78 is 6.27. The average Bonchev–Trinajstić information content (AvgIpc) is 2.74. The van der Waals surface area contributed by atoms with Crippen molar-refractivity contribution in [3.63, 3.8) is 0 Å². The van der Waals surface area contributed by atoms with E-state index in [1.54, 1.807) is 0 Å². The Bertz CT molecular complexity index is 114. The van der Waals surface area contributed by atoms with Crippen LogP contribution in [0.4, 0.5) is 0 Å². The lowest BCUT2D eigenvalue weighted by atomic mass is 10.3. The molecule has 2 rings (SSSR count). The summed E-state index contributed by atoms with van der Waals surface area (Å²) in [6, 6.07) is 0. The van der Waals surface area contributed by atoms with Gasteiger partial charge in [-0.15, -0.1) is 35.3 Å². The molecule has 2 heterocycles. The zero-order chi connectivity index (χ0) is 8.23. The van der Waals surface area contributed by atoms with Crippen molar-refractivity contribution in [2.45, 2.75) is 16.4 Å². The molecule has 69 valence electrons. The molecule has 0 aromatic carbocycles. The summed E-state index contributed by atoms with van der Waals surface area (Å²) in [7, 11) is 0. The molecule has 4 heteroatoms. The summed E-state index contributed by atoms with van der Waals surface area (Å²) in [6.07, 6.45) is 3.56. The molecule has 2 aliphatic heterocycles. The molecule has 0 aromatic rings. The SMILES string of the molecule is [CH](CC1OCCS1)C1SCCS1. The minimum absolute atomic E-state index is 0.465. The van der Waals surface area contributed by atoms with Gasteiger partial charge in [0.1, 0.15) is 5.44 Å². The molecule has 0 saturated carbocycles. The molecule has 0 amide bonds. The Kier molecular flexibility index (Phi) is 4.01. The molecule has 1 nitrogen and oxygen atoms in total. The molecular formula is C8H13OS3.